The van der Waals surface area contributed by atoms with E-state index in [9.17, 15) is 4.39 Å². The van der Waals surface area contributed by atoms with E-state index in [0.717, 1.165) is 14.5 Å². The van der Waals surface area contributed by atoms with E-state index in [0.29, 0.717) is 10.7 Å². The Balaban J connectivity index is 2.25. The summed E-state index contributed by atoms with van der Waals surface area (Å²) in [5.74, 6) is -0.289. The van der Waals surface area contributed by atoms with Crippen molar-refractivity contribution in [1.82, 2.24) is 0 Å². The molecule has 5 heteroatoms. The summed E-state index contributed by atoms with van der Waals surface area (Å²) >= 11 is 12.9. The number of hydrogen-bond acceptors (Lipinski definition) is 1. The highest BCUT2D eigenvalue weighted by atomic mass is 79.9. The second-order valence-electron chi connectivity index (χ2n) is 4.16. The Morgan fingerprint density at radius 2 is 1.74 bits per heavy atom. The molecule has 2 rings (SSSR count). The molecular formula is C14H11Br2ClFN. The van der Waals surface area contributed by atoms with Crippen molar-refractivity contribution >= 4 is 49.1 Å². The van der Waals surface area contributed by atoms with Gasteiger partial charge in [-0.25, -0.2) is 4.39 Å². The maximum Gasteiger partial charge on any atom is 0.146 e. The predicted molar refractivity (Wildman–Crippen MR) is 85.3 cm³/mol. The topological polar surface area (TPSA) is 12.0 Å². The fourth-order valence-corrected chi connectivity index (χ4v) is 2.97. The lowest BCUT2D eigenvalue weighted by atomic mass is 10.1. The fourth-order valence-electron chi connectivity index (χ4n) is 1.77. The van der Waals surface area contributed by atoms with Crippen LogP contribution in [0.15, 0.2) is 45.3 Å². The van der Waals surface area contributed by atoms with Gasteiger partial charge in [0.25, 0.3) is 0 Å². The van der Waals surface area contributed by atoms with E-state index in [1.54, 1.807) is 12.1 Å². The van der Waals surface area contributed by atoms with Gasteiger partial charge in [0.2, 0.25) is 0 Å². The van der Waals surface area contributed by atoms with Crippen molar-refractivity contribution in [2.45, 2.75) is 13.0 Å². The van der Waals surface area contributed by atoms with Crippen molar-refractivity contribution < 1.29 is 4.39 Å². The highest BCUT2D eigenvalue weighted by Gasteiger charge is 2.12. The molecule has 0 aromatic heterocycles. The molecule has 0 fully saturated rings. The van der Waals surface area contributed by atoms with Crippen LogP contribution in [0, 0.1) is 5.82 Å². The largest absolute Gasteiger partial charge is 0.376 e. The average molecular weight is 408 g/mol. The predicted octanol–water partition coefficient (Wildman–Crippen LogP) is 6.18. The Morgan fingerprint density at radius 3 is 2.42 bits per heavy atom. The minimum absolute atomic E-state index is 0.0931. The van der Waals surface area contributed by atoms with E-state index >= 15 is 0 Å². The molecule has 0 aliphatic carbocycles. The quantitative estimate of drug-likeness (QED) is 0.641. The summed E-state index contributed by atoms with van der Waals surface area (Å²) in [6, 6.07) is 10.4. The molecule has 1 N–H and O–H groups in total. The van der Waals surface area contributed by atoms with Crippen LogP contribution in [-0.4, -0.2) is 0 Å². The van der Waals surface area contributed by atoms with Gasteiger partial charge < -0.3 is 5.32 Å². The molecule has 0 aliphatic heterocycles. The first-order valence-electron chi connectivity index (χ1n) is 5.64. The molecular weight excluding hydrogens is 396 g/mol. The molecule has 100 valence electrons. The fraction of sp³-hybridized carbons (Fsp3) is 0.143. The minimum Gasteiger partial charge on any atom is -0.376 e. The average Bonchev–Trinajstić information content (AvgIpc) is 2.33. The van der Waals surface area contributed by atoms with Crippen molar-refractivity contribution in [2.24, 2.45) is 0 Å². The maximum atomic E-state index is 13.7. The third-order valence-electron chi connectivity index (χ3n) is 2.73. The van der Waals surface area contributed by atoms with E-state index in [1.807, 2.05) is 25.1 Å². The van der Waals surface area contributed by atoms with Crippen LogP contribution >= 0.6 is 43.5 Å². The van der Waals surface area contributed by atoms with Gasteiger partial charge in [0.05, 0.1) is 11.7 Å². The van der Waals surface area contributed by atoms with Crippen LogP contribution in [0.3, 0.4) is 0 Å². The standard InChI is InChI=1S/C14H11Br2ClFN/c1-8(11-4-2-9(15)6-12(11)17)19-14-7-10(16)3-5-13(14)18/h2-8,19H,1H3. The molecule has 0 heterocycles. The Morgan fingerprint density at radius 1 is 1.11 bits per heavy atom. The van der Waals surface area contributed by atoms with Crippen LogP contribution in [0.1, 0.15) is 18.5 Å². The van der Waals surface area contributed by atoms with Crippen molar-refractivity contribution in [1.29, 1.82) is 0 Å². The number of benzene rings is 2. The Labute approximate surface area is 133 Å². The summed E-state index contributed by atoms with van der Waals surface area (Å²) in [6.45, 7) is 1.94. The van der Waals surface area contributed by atoms with Gasteiger partial charge in [-0.15, -0.1) is 0 Å². The van der Waals surface area contributed by atoms with Crippen molar-refractivity contribution in [3.63, 3.8) is 0 Å². The summed E-state index contributed by atoms with van der Waals surface area (Å²) in [4.78, 5) is 0. The lowest BCUT2D eigenvalue weighted by molar-refractivity contribution is 0.627. The van der Waals surface area contributed by atoms with Crippen LogP contribution in [0.2, 0.25) is 5.02 Å². The first kappa shape index (κ1) is 14.8. The molecule has 2 aromatic rings. The molecule has 0 bridgehead atoms. The molecule has 1 nitrogen and oxygen atoms in total. The summed E-state index contributed by atoms with van der Waals surface area (Å²) in [7, 11) is 0. The second kappa shape index (κ2) is 6.25. The van der Waals surface area contributed by atoms with Gasteiger partial charge in [-0.3, -0.25) is 0 Å². The van der Waals surface area contributed by atoms with E-state index in [4.69, 9.17) is 11.6 Å². The molecule has 0 saturated carbocycles. The molecule has 2 aromatic carbocycles. The second-order valence-corrected chi connectivity index (χ2v) is 6.39. The monoisotopic (exact) mass is 405 g/mol. The summed E-state index contributed by atoms with van der Waals surface area (Å²) < 4.78 is 15.4. The van der Waals surface area contributed by atoms with Crippen molar-refractivity contribution in [3.05, 3.63) is 61.7 Å². The van der Waals surface area contributed by atoms with E-state index in [1.165, 1.54) is 6.07 Å². The molecule has 1 unspecified atom stereocenters. The zero-order valence-electron chi connectivity index (χ0n) is 10.1. The van der Waals surface area contributed by atoms with Gasteiger partial charge in [-0.05, 0) is 42.8 Å². The van der Waals surface area contributed by atoms with Gasteiger partial charge in [-0.1, -0.05) is 49.5 Å². The zero-order chi connectivity index (χ0) is 14.0. The van der Waals surface area contributed by atoms with Crippen molar-refractivity contribution in [3.8, 4) is 0 Å². The SMILES string of the molecule is CC(Nc1cc(Br)ccc1F)c1ccc(Br)cc1Cl. The van der Waals surface area contributed by atoms with Crippen molar-refractivity contribution in [2.75, 3.05) is 5.32 Å². The highest BCUT2D eigenvalue weighted by molar-refractivity contribution is 9.10. The number of rotatable bonds is 3. The first-order valence-corrected chi connectivity index (χ1v) is 7.60. The van der Waals surface area contributed by atoms with Crippen LogP contribution in [0.4, 0.5) is 10.1 Å². The van der Waals surface area contributed by atoms with Gasteiger partial charge in [0.15, 0.2) is 0 Å². The Hall–Kier alpha value is -0.580. The third-order valence-corrected chi connectivity index (χ3v) is 4.04. The summed E-state index contributed by atoms with van der Waals surface area (Å²) in [5, 5.41) is 3.77. The Bertz CT molecular complexity index is 604. The lowest BCUT2D eigenvalue weighted by Gasteiger charge is -2.18. The van der Waals surface area contributed by atoms with Crippen LogP contribution in [0.25, 0.3) is 0 Å². The number of nitrogens with one attached hydrogen (secondary N) is 1. The normalized spacial score (nSPS) is 12.3. The molecule has 0 amide bonds. The van der Waals surface area contributed by atoms with Gasteiger partial charge in [0, 0.05) is 14.0 Å². The van der Waals surface area contributed by atoms with E-state index in [2.05, 4.69) is 37.2 Å². The van der Waals surface area contributed by atoms with Gasteiger partial charge >= 0.3 is 0 Å². The lowest BCUT2D eigenvalue weighted by Crippen LogP contribution is -2.08. The van der Waals surface area contributed by atoms with E-state index in [-0.39, 0.29) is 11.9 Å². The number of anilines is 1. The highest BCUT2D eigenvalue weighted by Crippen LogP contribution is 2.30. The molecule has 0 saturated heterocycles. The molecule has 0 spiro atoms. The summed E-state index contributed by atoms with van der Waals surface area (Å²) in [5.41, 5.74) is 1.37. The van der Waals surface area contributed by atoms with Crippen LogP contribution < -0.4 is 5.32 Å². The molecule has 0 aliphatic rings. The zero-order valence-corrected chi connectivity index (χ0v) is 14.0. The smallest absolute Gasteiger partial charge is 0.146 e. The summed E-state index contributed by atoms with van der Waals surface area (Å²) in [6.07, 6.45) is 0. The molecule has 1 atom stereocenters. The third kappa shape index (κ3) is 3.71. The minimum atomic E-state index is -0.289. The van der Waals surface area contributed by atoms with Gasteiger partial charge in [0.1, 0.15) is 5.82 Å². The molecule has 0 radical (unpaired) electrons. The Kier molecular flexibility index (Phi) is 4.87. The van der Waals surface area contributed by atoms with Crippen LogP contribution in [-0.2, 0) is 0 Å². The number of halogens is 4. The van der Waals surface area contributed by atoms with E-state index < -0.39 is 0 Å². The van der Waals surface area contributed by atoms with Gasteiger partial charge in [-0.2, -0.15) is 0 Å². The first-order chi connectivity index (χ1) is 8.97. The van der Waals surface area contributed by atoms with Crippen LogP contribution in [0.5, 0.6) is 0 Å². The number of hydrogen-bond donors (Lipinski definition) is 1. The maximum absolute atomic E-state index is 13.7. The molecule has 19 heavy (non-hydrogen) atoms.